The molecule has 29 heavy (non-hydrogen) atoms. The summed E-state index contributed by atoms with van der Waals surface area (Å²) in [5.41, 5.74) is 2.29. The van der Waals surface area contributed by atoms with Crippen molar-refractivity contribution in [2.75, 3.05) is 5.32 Å². The topological polar surface area (TPSA) is 108 Å². The largest absolute Gasteiger partial charge is 0.288 e. The number of fused-ring (bicyclic) bond motifs is 1. The van der Waals surface area contributed by atoms with Gasteiger partial charge in [-0.15, -0.1) is 10.2 Å². The number of carbonyl (C=O) groups is 1. The molecule has 0 aliphatic carbocycles. The maximum atomic E-state index is 12.3. The number of hydrogen-bond donors (Lipinski definition) is 1. The van der Waals surface area contributed by atoms with Crippen molar-refractivity contribution in [3.05, 3.63) is 66.0 Å². The maximum Gasteiger partial charge on any atom is 0.280 e. The Morgan fingerprint density at radius 3 is 2.86 bits per heavy atom. The van der Waals surface area contributed by atoms with Crippen LogP contribution in [0.3, 0.4) is 0 Å². The van der Waals surface area contributed by atoms with Crippen LogP contribution in [0.4, 0.5) is 5.95 Å². The van der Waals surface area contributed by atoms with E-state index in [0.29, 0.717) is 0 Å². The monoisotopic (exact) mass is 389 g/mol. The van der Waals surface area contributed by atoms with Gasteiger partial charge in [0, 0.05) is 25.2 Å². The zero-order valence-electron chi connectivity index (χ0n) is 15.8. The Hall–Kier alpha value is -3.82. The number of para-hydroxylation sites is 1. The Balaban J connectivity index is 1.40. The number of amides is 1. The molecular weight excluding hydrogens is 370 g/mol. The SMILES string of the molecule is Cn1cc(C(=O)Nc2nc3n(n2)C(c2cnn(-c4ccccc4)c2)CCC3)nn1. The highest BCUT2D eigenvalue weighted by atomic mass is 16.2. The fourth-order valence-corrected chi connectivity index (χ4v) is 3.56. The van der Waals surface area contributed by atoms with Crippen molar-refractivity contribution in [2.45, 2.75) is 25.3 Å². The molecule has 0 fully saturated rings. The van der Waals surface area contributed by atoms with E-state index >= 15 is 0 Å². The fourth-order valence-electron chi connectivity index (χ4n) is 3.56. The number of carbonyl (C=O) groups excluding carboxylic acids is 1. The number of hydrogen-bond acceptors (Lipinski definition) is 6. The van der Waals surface area contributed by atoms with Crippen molar-refractivity contribution in [2.24, 2.45) is 7.05 Å². The lowest BCUT2D eigenvalue weighted by atomic mass is 10.0. The Kier molecular flexibility index (Phi) is 4.15. The molecule has 1 unspecified atom stereocenters. The normalized spacial score (nSPS) is 15.8. The van der Waals surface area contributed by atoms with E-state index in [9.17, 15) is 4.79 Å². The molecule has 0 spiro atoms. The number of aromatic nitrogens is 8. The van der Waals surface area contributed by atoms with Gasteiger partial charge >= 0.3 is 0 Å². The summed E-state index contributed by atoms with van der Waals surface area (Å²) in [4.78, 5) is 16.8. The van der Waals surface area contributed by atoms with Gasteiger partial charge in [-0.3, -0.25) is 14.8 Å². The van der Waals surface area contributed by atoms with E-state index in [1.54, 1.807) is 13.2 Å². The van der Waals surface area contributed by atoms with Crippen molar-refractivity contribution < 1.29 is 4.79 Å². The van der Waals surface area contributed by atoms with E-state index in [-0.39, 0.29) is 23.6 Å². The average Bonchev–Trinajstić information content (AvgIpc) is 3.47. The summed E-state index contributed by atoms with van der Waals surface area (Å²) in [5.74, 6) is 0.746. The van der Waals surface area contributed by atoms with Crippen LogP contribution in [0.5, 0.6) is 0 Å². The first-order valence-electron chi connectivity index (χ1n) is 9.40. The lowest BCUT2D eigenvalue weighted by molar-refractivity contribution is 0.102. The minimum absolute atomic E-state index is 0.0332. The zero-order valence-corrected chi connectivity index (χ0v) is 15.8. The number of aryl methyl sites for hydroxylation is 2. The Bertz CT molecular complexity index is 1160. The first kappa shape index (κ1) is 17.3. The third-order valence-electron chi connectivity index (χ3n) is 4.94. The molecule has 1 amide bonds. The zero-order chi connectivity index (χ0) is 19.8. The molecule has 1 N–H and O–H groups in total. The molecular formula is C19H19N9O. The Labute approximate surface area is 166 Å². The molecule has 0 saturated heterocycles. The number of nitrogens with zero attached hydrogens (tertiary/aromatic N) is 8. The summed E-state index contributed by atoms with van der Waals surface area (Å²) >= 11 is 0. The molecule has 1 aliphatic heterocycles. The molecule has 10 heteroatoms. The van der Waals surface area contributed by atoms with Crippen LogP contribution in [-0.2, 0) is 13.5 Å². The lowest BCUT2D eigenvalue weighted by Crippen LogP contribution is -2.20. The second-order valence-corrected chi connectivity index (χ2v) is 6.99. The highest BCUT2D eigenvalue weighted by Crippen LogP contribution is 2.30. The van der Waals surface area contributed by atoms with E-state index in [2.05, 4.69) is 30.8 Å². The lowest BCUT2D eigenvalue weighted by Gasteiger charge is -2.22. The first-order valence-corrected chi connectivity index (χ1v) is 9.40. The third kappa shape index (κ3) is 3.28. The molecule has 5 rings (SSSR count). The van der Waals surface area contributed by atoms with E-state index in [1.807, 2.05) is 52.1 Å². The molecule has 3 aromatic heterocycles. The first-order chi connectivity index (χ1) is 14.2. The second-order valence-electron chi connectivity index (χ2n) is 6.99. The van der Waals surface area contributed by atoms with Crippen molar-refractivity contribution in [1.82, 2.24) is 39.5 Å². The number of anilines is 1. The maximum absolute atomic E-state index is 12.3. The van der Waals surface area contributed by atoms with Gasteiger partial charge in [-0.1, -0.05) is 23.4 Å². The minimum Gasteiger partial charge on any atom is -0.288 e. The van der Waals surface area contributed by atoms with Crippen LogP contribution in [0.25, 0.3) is 5.69 Å². The molecule has 0 saturated carbocycles. The molecule has 1 aliphatic rings. The molecule has 4 heterocycles. The summed E-state index contributed by atoms with van der Waals surface area (Å²) in [7, 11) is 1.71. The van der Waals surface area contributed by atoms with Crippen LogP contribution >= 0.6 is 0 Å². The molecule has 146 valence electrons. The number of rotatable bonds is 4. The summed E-state index contributed by atoms with van der Waals surface area (Å²) in [6.45, 7) is 0. The predicted molar refractivity (Wildman–Crippen MR) is 104 cm³/mol. The molecule has 0 bridgehead atoms. The van der Waals surface area contributed by atoms with Crippen LogP contribution in [-0.4, -0.2) is 45.4 Å². The van der Waals surface area contributed by atoms with Crippen LogP contribution in [0.2, 0.25) is 0 Å². The summed E-state index contributed by atoms with van der Waals surface area (Å²) in [5, 5.41) is 19.3. The van der Waals surface area contributed by atoms with Crippen molar-refractivity contribution in [3.63, 3.8) is 0 Å². The van der Waals surface area contributed by atoms with Crippen molar-refractivity contribution >= 4 is 11.9 Å². The van der Waals surface area contributed by atoms with Crippen LogP contribution in [0.15, 0.2) is 48.9 Å². The van der Waals surface area contributed by atoms with E-state index < -0.39 is 0 Å². The Morgan fingerprint density at radius 1 is 1.21 bits per heavy atom. The molecule has 1 atom stereocenters. The predicted octanol–water partition coefficient (Wildman–Crippen LogP) is 1.77. The van der Waals surface area contributed by atoms with Gasteiger partial charge in [-0.25, -0.2) is 9.36 Å². The molecule has 0 radical (unpaired) electrons. The molecule has 1 aromatic carbocycles. The highest BCUT2D eigenvalue weighted by Gasteiger charge is 2.26. The van der Waals surface area contributed by atoms with Crippen LogP contribution in [0, 0.1) is 0 Å². The van der Waals surface area contributed by atoms with Gasteiger partial charge in [0.2, 0.25) is 5.95 Å². The van der Waals surface area contributed by atoms with E-state index in [4.69, 9.17) is 0 Å². The van der Waals surface area contributed by atoms with Crippen molar-refractivity contribution in [3.8, 4) is 5.69 Å². The fraction of sp³-hybridized carbons (Fsp3) is 0.263. The van der Waals surface area contributed by atoms with Gasteiger partial charge in [0.25, 0.3) is 5.91 Å². The van der Waals surface area contributed by atoms with E-state index in [0.717, 1.165) is 36.3 Å². The van der Waals surface area contributed by atoms with Gasteiger partial charge in [-0.05, 0) is 25.0 Å². The standard InChI is InChI=1S/C19H19N9O/c1-26-12-15(23-25-26)18(29)22-19-21-17-9-5-8-16(28(17)24-19)13-10-20-27(11-13)14-6-3-2-4-7-14/h2-4,6-7,10-12,16H,5,8-9H2,1H3,(H,22,24,29). The van der Waals surface area contributed by atoms with Gasteiger partial charge in [0.1, 0.15) is 5.82 Å². The van der Waals surface area contributed by atoms with Gasteiger partial charge in [0.05, 0.1) is 24.1 Å². The van der Waals surface area contributed by atoms with Crippen LogP contribution < -0.4 is 5.32 Å². The highest BCUT2D eigenvalue weighted by molar-refractivity contribution is 6.01. The summed E-state index contributed by atoms with van der Waals surface area (Å²) in [6.07, 6.45) is 8.19. The number of nitrogens with one attached hydrogen (secondary N) is 1. The van der Waals surface area contributed by atoms with Gasteiger partial charge in [0.15, 0.2) is 5.69 Å². The summed E-state index contributed by atoms with van der Waals surface area (Å²) < 4.78 is 5.22. The minimum atomic E-state index is -0.380. The smallest absolute Gasteiger partial charge is 0.280 e. The van der Waals surface area contributed by atoms with Crippen LogP contribution in [0.1, 0.15) is 40.8 Å². The second kappa shape index (κ2) is 6.97. The molecule has 4 aromatic rings. The van der Waals surface area contributed by atoms with Crippen molar-refractivity contribution in [1.29, 1.82) is 0 Å². The summed E-state index contributed by atoms with van der Waals surface area (Å²) in [6, 6.07) is 10.0. The third-order valence-corrected chi connectivity index (χ3v) is 4.94. The van der Waals surface area contributed by atoms with Gasteiger partial charge in [-0.2, -0.15) is 10.1 Å². The molecule has 10 nitrogen and oxygen atoms in total. The quantitative estimate of drug-likeness (QED) is 0.570. The average molecular weight is 389 g/mol. The van der Waals surface area contributed by atoms with E-state index in [1.165, 1.54) is 4.68 Å². The number of benzene rings is 1. The van der Waals surface area contributed by atoms with Gasteiger partial charge < -0.3 is 0 Å². The Morgan fingerprint density at radius 2 is 2.07 bits per heavy atom.